The maximum Gasteiger partial charge on any atom is 0.273 e. The van der Waals surface area contributed by atoms with Crippen LogP contribution in [0.1, 0.15) is 18.1 Å². The Bertz CT molecular complexity index is 786. The fourth-order valence-electron chi connectivity index (χ4n) is 2.15. The number of rotatable bonds is 10. The molecule has 28 heavy (non-hydrogen) atoms. The van der Waals surface area contributed by atoms with E-state index in [1.165, 1.54) is 33.1 Å². The second kappa shape index (κ2) is 12.0. The molecule has 1 aromatic rings. The highest BCUT2D eigenvalue weighted by atomic mass is 16.7. The average molecular weight is 392 g/mol. The fraction of sp³-hybridized carbons (Fsp3) is 0.389. The summed E-state index contributed by atoms with van der Waals surface area (Å²) >= 11 is 0. The van der Waals surface area contributed by atoms with Gasteiger partial charge in [0.05, 0.1) is 0 Å². The molecule has 10 nitrogen and oxygen atoms in total. The van der Waals surface area contributed by atoms with Crippen LogP contribution in [-0.2, 0) is 30.8 Å². The molecule has 1 amide bonds. The van der Waals surface area contributed by atoms with Gasteiger partial charge in [0.2, 0.25) is 6.21 Å². The number of oxime groups is 3. The van der Waals surface area contributed by atoms with Crippen molar-refractivity contribution in [3.8, 4) is 0 Å². The number of nitrogens with zero attached hydrogens (tertiary/aromatic N) is 4. The molecular weight excluding hydrogens is 366 g/mol. The van der Waals surface area contributed by atoms with E-state index in [4.69, 9.17) is 19.4 Å². The van der Waals surface area contributed by atoms with Crippen LogP contribution in [0.4, 0.5) is 0 Å². The van der Waals surface area contributed by atoms with Crippen LogP contribution in [-0.4, -0.2) is 69.4 Å². The molecule has 0 aliphatic rings. The molecule has 0 aliphatic carbocycles. The standard InChI is InChI=1S/C18H25N5O5/c1-13(20-25-4)16(21-26-5)11-23(3)28-12-14-9-7-8-10-15(14)17(22-27-6)18(24)19-2/h7-11H,12H2,1-6H3/p+1/b20-13+,21-16+,22-17+,23-11+. The van der Waals surface area contributed by atoms with Gasteiger partial charge in [-0.15, -0.1) is 0 Å². The zero-order valence-electron chi connectivity index (χ0n) is 16.9. The van der Waals surface area contributed by atoms with Crippen LogP contribution in [0.15, 0.2) is 39.7 Å². The van der Waals surface area contributed by atoms with E-state index in [-0.39, 0.29) is 18.2 Å². The smallest absolute Gasteiger partial charge is 0.273 e. The first kappa shape index (κ1) is 22.6. The maximum atomic E-state index is 12.1. The Morgan fingerprint density at radius 3 is 2.36 bits per heavy atom. The average Bonchev–Trinajstić information content (AvgIpc) is 2.70. The summed E-state index contributed by atoms with van der Waals surface area (Å²) in [5.74, 6) is -0.366. The van der Waals surface area contributed by atoms with Crippen molar-refractivity contribution in [3.63, 3.8) is 0 Å². The molecule has 0 aliphatic heterocycles. The van der Waals surface area contributed by atoms with E-state index in [9.17, 15) is 4.79 Å². The summed E-state index contributed by atoms with van der Waals surface area (Å²) in [7, 11) is 7.47. The molecule has 0 bridgehead atoms. The van der Waals surface area contributed by atoms with Gasteiger partial charge in [0.1, 0.15) is 27.0 Å². The molecule has 0 atom stereocenters. The Hall–Kier alpha value is -3.43. The molecule has 152 valence electrons. The highest BCUT2D eigenvalue weighted by molar-refractivity contribution is 6.61. The summed E-state index contributed by atoms with van der Waals surface area (Å²) in [6, 6.07) is 7.24. The lowest BCUT2D eigenvalue weighted by atomic mass is 10.0. The van der Waals surface area contributed by atoms with Crippen LogP contribution in [0.2, 0.25) is 0 Å². The van der Waals surface area contributed by atoms with Gasteiger partial charge in [-0.2, -0.15) is 0 Å². The molecule has 10 heteroatoms. The number of amides is 1. The van der Waals surface area contributed by atoms with E-state index in [0.717, 1.165) is 5.56 Å². The van der Waals surface area contributed by atoms with Crippen molar-refractivity contribution >= 4 is 29.3 Å². The quantitative estimate of drug-likeness (QED) is 0.363. The summed E-state index contributed by atoms with van der Waals surface area (Å²) in [6.07, 6.45) is 1.59. The number of carbonyl (C=O) groups is 1. The molecule has 1 rings (SSSR count). The lowest BCUT2D eigenvalue weighted by Crippen LogP contribution is -2.29. The molecule has 0 fully saturated rings. The van der Waals surface area contributed by atoms with E-state index in [0.29, 0.717) is 17.0 Å². The van der Waals surface area contributed by atoms with Gasteiger partial charge < -0.3 is 19.8 Å². The number of carbonyl (C=O) groups excluding carboxylic acids is 1. The van der Waals surface area contributed by atoms with Gasteiger partial charge in [-0.3, -0.25) is 9.63 Å². The summed E-state index contributed by atoms with van der Waals surface area (Å²) in [5.41, 5.74) is 2.43. The Balaban J connectivity index is 3.07. The van der Waals surface area contributed by atoms with Crippen molar-refractivity contribution in [1.82, 2.24) is 5.32 Å². The minimum Gasteiger partial charge on any atom is -0.399 e. The van der Waals surface area contributed by atoms with Crippen molar-refractivity contribution in [3.05, 3.63) is 35.4 Å². The number of hydroxylamine groups is 1. The summed E-state index contributed by atoms with van der Waals surface area (Å²) in [5, 5.41) is 14.1. The number of hydrogen-bond acceptors (Lipinski definition) is 8. The zero-order valence-corrected chi connectivity index (χ0v) is 16.9. The van der Waals surface area contributed by atoms with Crippen LogP contribution in [0.3, 0.4) is 0 Å². The van der Waals surface area contributed by atoms with Crippen molar-refractivity contribution < 1.29 is 28.9 Å². The molecule has 0 heterocycles. The molecular formula is C18H26N5O5+. The topological polar surface area (TPSA) is 106 Å². The van der Waals surface area contributed by atoms with Gasteiger partial charge in [0, 0.05) is 18.2 Å². The third-order valence-electron chi connectivity index (χ3n) is 3.41. The van der Waals surface area contributed by atoms with Gasteiger partial charge in [-0.25, -0.2) is 0 Å². The number of nitrogens with one attached hydrogen (secondary N) is 1. The van der Waals surface area contributed by atoms with Crippen molar-refractivity contribution in [2.75, 3.05) is 35.4 Å². The predicted octanol–water partition coefficient (Wildman–Crippen LogP) is 0.952. The lowest BCUT2D eigenvalue weighted by molar-refractivity contribution is -0.769. The van der Waals surface area contributed by atoms with Gasteiger partial charge in [-0.05, 0) is 11.7 Å². The first-order valence-electron chi connectivity index (χ1n) is 8.29. The van der Waals surface area contributed by atoms with Gasteiger partial charge in [0.25, 0.3) is 5.91 Å². The largest absolute Gasteiger partial charge is 0.399 e. The molecule has 0 aromatic heterocycles. The highest BCUT2D eigenvalue weighted by Gasteiger charge is 2.18. The molecule has 0 unspecified atom stereocenters. The summed E-state index contributed by atoms with van der Waals surface area (Å²) in [4.78, 5) is 32.2. The predicted molar refractivity (Wildman–Crippen MR) is 106 cm³/mol. The SMILES string of the molecule is CNC(=O)/C(=N/OC)c1ccccc1CO/[N+](C)=C/C(=N\OC)C(/C)=N/OC. The van der Waals surface area contributed by atoms with Crippen LogP contribution in [0.25, 0.3) is 0 Å². The molecule has 1 N–H and O–H groups in total. The Labute approximate surface area is 164 Å². The van der Waals surface area contributed by atoms with E-state index in [1.807, 2.05) is 12.1 Å². The second-order valence-corrected chi connectivity index (χ2v) is 5.33. The van der Waals surface area contributed by atoms with Crippen LogP contribution in [0, 0.1) is 0 Å². The lowest BCUT2D eigenvalue weighted by Gasteiger charge is -2.09. The second-order valence-electron chi connectivity index (χ2n) is 5.33. The molecule has 0 spiro atoms. The van der Waals surface area contributed by atoms with Crippen molar-refractivity contribution in [1.29, 1.82) is 0 Å². The minimum atomic E-state index is -0.366. The van der Waals surface area contributed by atoms with Crippen molar-refractivity contribution in [2.24, 2.45) is 15.5 Å². The highest BCUT2D eigenvalue weighted by Crippen LogP contribution is 2.12. The van der Waals surface area contributed by atoms with E-state index >= 15 is 0 Å². The van der Waals surface area contributed by atoms with Crippen LogP contribution >= 0.6 is 0 Å². The Morgan fingerprint density at radius 1 is 1.11 bits per heavy atom. The van der Waals surface area contributed by atoms with E-state index in [2.05, 4.69) is 20.8 Å². The zero-order chi connectivity index (χ0) is 20.9. The summed E-state index contributed by atoms with van der Waals surface area (Å²) in [6.45, 7) is 1.89. The minimum absolute atomic E-state index is 0.153. The molecule has 0 saturated heterocycles. The van der Waals surface area contributed by atoms with Crippen LogP contribution in [0.5, 0.6) is 0 Å². The third kappa shape index (κ3) is 6.71. The molecule has 1 aromatic carbocycles. The number of benzene rings is 1. The Morgan fingerprint density at radius 2 is 1.75 bits per heavy atom. The fourth-order valence-corrected chi connectivity index (χ4v) is 2.15. The number of likely N-dealkylation sites (N-methyl/N-ethyl adjacent to an activating group) is 1. The van der Waals surface area contributed by atoms with E-state index < -0.39 is 0 Å². The monoisotopic (exact) mass is 392 g/mol. The van der Waals surface area contributed by atoms with Crippen LogP contribution < -0.4 is 5.32 Å². The first-order chi connectivity index (χ1) is 13.5. The molecule has 0 saturated carbocycles. The maximum absolute atomic E-state index is 12.1. The Kier molecular flexibility index (Phi) is 9.73. The van der Waals surface area contributed by atoms with Gasteiger partial charge >= 0.3 is 0 Å². The summed E-state index contributed by atoms with van der Waals surface area (Å²) < 4.78 is 1.45. The van der Waals surface area contributed by atoms with Gasteiger partial charge in [-0.1, -0.05) is 39.7 Å². The normalized spacial score (nSPS) is 13.1. The number of hydrogen-bond donors (Lipinski definition) is 1. The van der Waals surface area contributed by atoms with Crippen molar-refractivity contribution in [2.45, 2.75) is 13.5 Å². The third-order valence-corrected chi connectivity index (χ3v) is 3.41. The molecule has 0 radical (unpaired) electrons. The first-order valence-corrected chi connectivity index (χ1v) is 8.29. The van der Waals surface area contributed by atoms with Gasteiger partial charge in [0.15, 0.2) is 25.1 Å². The van der Waals surface area contributed by atoms with E-state index in [1.54, 1.807) is 32.3 Å².